The molecule has 8 atom stereocenters. The fourth-order valence-corrected chi connectivity index (χ4v) is 7.92. The molecule has 4 saturated carbocycles. The molecule has 0 spiro atoms. The van der Waals surface area contributed by atoms with E-state index in [0.29, 0.717) is 22.9 Å². The average Bonchev–Trinajstić information content (AvgIpc) is 2.92. The van der Waals surface area contributed by atoms with Crippen molar-refractivity contribution in [2.75, 3.05) is 20.8 Å². The lowest BCUT2D eigenvalue weighted by Gasteiger charge is -2.61. The summed E-state index contributed by atoms with van der Waals surface area (Å²) < 4.78 is 11.7. The Morgan fingerprint density at radius 2 is 1.79 bits per heavy atom. The standard InChI is InChI=1S/C21H36O3/c1-20-10-9-18-16(17(20)6-7-19(20)24-3)5-4-14-12-15(22)8-11-21(14,18)13-23-2/h14-19,22H,4-13H2,1-3H3/t14?,15?,16-,17-,18-,19?,20-,21+/m0/s1. The quantitative estimate of drug-likeness (QED) is 0.845. The Hall–Kier alpha value is -0.120. The topological polar surface area (TPSA) is 38.7 Å². The first-order valence-corrected chi connectivity index (χ1v) is 10.2. The van der Waals surface area contributed by atoms with Crippen LogP contribution in [0.4, 0.5) is 0 Å². The first kappa shape index (κ1) is 17.3. The van der Waals surface area contributed by atoms with Crippen molar-refractivity contribution in [2.24, 2.45) is 34.5 Å². The molecule has 0 heterocycles. The van der Waals surface area contributed by atoms with E-state index in [9.17, 15) is 5.11 Å². The van der Waals surface area contributed by atoms with E-state index in [1.807, 2.05) is 14.2 Å². The molecule has 1 N–H and O–H groups in total. The Morgan fingerprint density at radius 1 is 0.958 bits per heavy atom. The van der Waals surface area contributed by atoms with E-state index in [2.05, 4.69) is 6.92 Å². The van der Waals surface area contributed by atoms with Crippen molar-refractivity contribution in [3.8, 4) is 0 Å². The number of hydrogen-bond donors (Lipinski definition) is 1. The number of aliphatic hydroxyl groups excluding tert-OH is 1. The van der Waals surface area contributed by atoms with Gasteiger partial charge < -0.3 is 14.6 Å². The van der Waals surface area contributed by atoms with Crippen LogP contribution in [0.5, 0.6) is 0 Å². The van der Waals surface area contributed by atoms with Crippen LogP contribution in [0.15, 0.2) is 0 Å². The molecular weight excluding hydrogens is 300 g/mol. The van der Waals surface area contributed by atoms with E-state index in [0.717, 1.165) is 37.2 Å². The highest BCUT2D eigenvalue weighted by atomic mass is 16.5. The van der Waals surface area contributed by atoms with Crippen LogP contribution in [0.2, 0.25) is 0 Å². The monoisotopic (exact) mass is 336 g/mol. The molecule has 0 amide bonds. The lowest BCUT2D eigenvalue weighted by molar-refractivity contribution is -0.164. The Balaban J connectivity index is 1.64. The molecule has 138 valence electrons. The molecule has 3 nitrogen and oxygen atoms in total. The first-order valence-electron chi connectivity index (χ1n) is 10.2. The maximum Gasteiger partial charge on any atom is 0.0627 e. The average molecular weight is 337 g/mol. The highest BCUT2D eigenvalue weighted by molar-refractivity contribution is 5.10. The van der Waals surface area contributed by atoms with Crippen LogP contribution in [-0.4, -0.2) is 38.1 Å². The van der Waals surface area contributed by atoms with Gasteiger partial charge in [0.15, 0.2) is 0 Å². The summed E-state index contributed by atoms with van der Waals surface area (Å²) in [4.78, 5) is 0. The number of ether oxygens (including phenoxy) is 2. The summed E-state index contributed by atoms with van der Waals surface area (Å²) in [5.41, 5.74) is 0.731. The fraction of sp³-hybridized carbons (Fsp3) is 1.00. The summed E-state index contributed by atoms with van der Waals surface area (Å²) in [6.45, 7) is 3.41. The lowest BCUT2D eigenvalue weighted by atomic mass is 9.44. The molecule has 0 bridgehead atoms. The summed E-state index contributed by atoms with van der Waals surface area (Å²) in [6, 6.07) is 0. The second-order valence-electron chi connectivity index (χ2n) is 9.59. The van der Waals surface area contributed by atoms with Crippen LogP contribution in [0, 0.1) is 34.5 Å². The number of methoxy groups -OCH3 is 2. The zero-order chi connectivity index (χ0) is 16.9. The van der Waals surface area contributed by atoms with Crippen molar-refractivity contribution in [3.63, 3.8) is 0 Å². The Bertz CT molecular complexity index is 466. The second kappa shape index (κ2) is 6.25. The molecule has 0 radical (unpaired) electrons. The van der Waals surface area contributed by atoms with Gasteiger partial charge in [0.05, 0.1) is 18.8 Å². The van der Waals surface area contributed by atoms with E-state index in [4.69, 9.17) is 9.47 Å². The molecule has 4 aliphatic rings. The molecule has 3 unspecified atom stereocenters. The molecular formula is C21H36O3. The van der Waals surface area contributed by atoms with Gasteiger partial charge in [-0.15, -0.1) is 0 Å². The van der Waals surface area contributed by atoms with Gasteiger partial charge in [-0.1, -0.05) is 6.92 Å². The van der Waals surface area contributed by atoms with Crippen molar-refractivity contribution >= 4 is 0 Å². The number of rotatable bonds is 3. The third-order valence-corrected chi connectivity index (χ3v) is 8.95. The van der Waals surface area contributed by atoms with Crippen molar-refractivity contribution in [3.05, 3.63) is 0 Å². The SMILES string of the molecule is COC[C@]12CCC(O)CC1CC[C@@H]1[C@@H]2CC[C@]2(C)C(OC)CC[C@@H]12. The normalized spacial score (nSPS) is 54.0. The summed E-state index contributed by atoms with van der Waals surface area (Å²) in [5.74, 6) is 3.16. The zero-order valence-corrected chi connectivity index (χ0v) is 15.8. The van der Waals surface area contributed by atoms with E-state index in [1.165, 1.54) is 44.9 Å². The smallest absolute Gasteiger partial charge is 0.0627 e. The Kier molecular flexibility index (Phi) is 4.50. The van der Waals surface area contributed by atoms with Gasteiger partial charge in [-0.25, -0.2) is 0 Å². The maximum absolute atomic E-state index is 10.2. The lowest BCUT2D eigenvalue weighted by Crippen LogP contribution is -2.57. The Morgan fingerprint density at radius 3 is 2.54 bits per heavy atom. The third-order valence-electron chi connectivity index (χ3n) is 8.95. The molecule has 0 aromatic heterocycles. The fourth-order valence-electron chi connectivity index (χ4n) is 7.92. The van der Waals surface area contributed by atoms with Gasteiger partial charge >= 0.3 is 0 Å². The number of aliphatic hydroxyl groups is 1. The van der Waals surface area contributed by atoms with Gasteiger partial charge in [0.25, 0.3) is 0 Å². The van der Waals surface area contributed by atoms with Crippen LogP contribution in [-0.2, 0) is 9.47 Å². The van der Waals surface area contributed by atoms with Crippen molar-refractivity contribution in [1.82, 2.24) is 0 Å². The van der Waals surface area contributed by atoms with E-state index in [1.54, 1.807) is 0 Å². The highest BCUT2D eigenvalue weighted by Gasteiger charge is 2.61. The number of fused-ring (bicyclic) bond motifs is 5. The molecule has 0 aromatic rings. The van der Waals surface area contributed by atoms with Gasteiger partial charge in [-0.05, 0) is 92.3 Å². The minimum absolute atomic E-state index is 0.0743. The predicted molar refractivity (Wildman–Crippen MR) is 94.7 cm³/mol. The first-order chi connectivity index (χ1) is 11.5. The van der Waals surface area contributed by atoms with Crippen LogP contribution in [0.3, 0.4) is 0 Å². The molecule has 0 saturated heterocycles. The van der Waals surface area contributed by atoms with Crippen LogP contribution >= 0.6 is 0 Å². The van der Waals surface area contributed by atoms with E-state index < -0.39 is 0 Å². The van der Waals surface area contributed by atoms with Gasteiger partial charge in [0, 0.05) is 14.2 Å². The van der Waals surface area contributed by atoms with E-state index in [-0.39, 0.29) is 6.10 Å². The summed E-state index contributed by atoms with van der Waals surface area (Å²) >= 11 is 0. The minimum atomic E-state index is -0.0743. The Labute approximate surface area is 147 Å². The zero-order valence-electron chi connectivity index (χ0n) is 15.8. The molecule has 0 aliphatic heterocycles. The molecule has 24 heavy (non-hydrogen) atoms. The van der Waals surface area contributed by atoms with Gasteiger partial charge in [-0.3, -0.25) is 0 Å². The van der Waals surface area contributed by atoms with Crippen molar-refractivity contribution in [2.45, 2.75) is 76.9 Å². The van der Waals surface area contributed by atoms with Gasteiger partial charge in [0.1, 0.15) is 0 Å². The van der Waals surface area contributed by atoms with Gasteiger partial charge in [-0.2, -0.15) is 0 Å². The summed E-state index contributed by atoms with van der Waals surface area (Å²) in [6.07, 6.45) is 11.5. The third kappa shape index (κ3) is 2.34. The van der Waals surface area contributed by atoms with Crippen molar-refractivity contribution in [1.29, 1.82) is 0 Å². The molecule has 4 rings (SSSR count). The largest absolute Gasteiger partial charge is 0.393 e. The van der Waals surface area contributed by atoms with Crippen LogP contribution in [0.25, 0.3) is 0 Å². The second-order valence-corrected chi connectivity index (χ2v) is 9.59. The molecule has 0 aromatic carbocycles. The van der Waals surface area contributed by atoms with Gasteiger partial charge in [0.2, 0.25) is 0 Å². The minimum Gasteiger partial charge on any atom is -0.393 e. The maximum atomic E-state index is 10.2. The molecule has 3 heteroatoms. The predicted octanol–water partition coefficient (Wildman–Crippen LogP) is 4.03. The van der Waals surface area contributed by atoms with E-state index >= 15 is 0 Å². The molecule has 4 fully saturated rings. The molecule has 4 aliphatic carbocycles. The van der Waals surface area contributed by atoms with Crippen molar-refractivity contribution < 1.29 is 14.6 Å². The number of hydrogen-bond acceptors (Lipinski definition) is 3. The highest BCUT2D eigenvalue weighted by Crippen LogP contribution is 2.66. The van der Waals surface area contributed by atoms with Crippen LogP contribution in [0.1, 0.15) is 64.7 Å². The van der Waals surface area contributed by atoms with Crippen LogP contribution < -0.4 is 0 Å². The summed E-state index contributed by atoms with van der Waals surface area (Å²) in [5, 5.41) is 10.2. The summed E-state index contributed by atoms with van der Waals surface area (Å²) in [7, 11) is 3.79.